The minimum absolute atomic E-state index is 0.00524. The third-order valence-electron chi connectivity index (χ3n) is 8.40. The first kappa shape index (κ1) is 29.7. The van der Waals surface area contributed by atoms with E-state index in [0.717, 1.165) is 52.1 Å². The highest BCUT2D eigenvalue weighted by Gasteiger charge is 2.35. The molecule has 42 heavy (non-hydrogen) atoms. The molecule has 5 heteroatoms. The van der Waals surface area contributed by atoms with E-state index >= 15 is 0 Å². The van der Waals surface area contributed by atoms with Crippen LogP contribution in [0.15, 0.2) is 119 Å². The van der Waals surface area contributed by atoms with Crippen molar-refractivity contribution in [1.29, 1.82) is 0 Å². The summed E-state index contributed by atoms with van der Waals surface area (Å²) in [6.07, 6.45) is 1.92. The van der Waals surface area contributed by atoms with E-state index in [-0.39, 0.29) is 6.04 Å². The third kappa shape index (κ3) is 6.98. The van der Waals surface area contributed by atoms with Gasteiger partial charge >= 0.3 is 7.48 Å². The van der Waals surface area contributed by atoms with Crippen molar-refractivity contribution in [3.05, 3.63) is 126 Å². The highest BCUT2D eigenvalue weighted by Crippen LogP contribution is 2.32. The van der Waals surface area contributed by atoms with Gasteiger partial charge in [0.2, 0.25) is 0 Å². The van der Waals surface area contributed by atoms with Crippen LogP contribution in [-0.4, -0.2) is 35.3 Å². The van der Waals surface area contributed by atoms with Gasteiger partial charge in [0, 0.05) is 5.56 Å². The molecular weight excluding hydrogens is 515 g/mol. The first-order chi connectivity index (χ1) is 20.1. The topological polar surface area (TPSA) is 54.2 Å². The predicted octanol–water partition coefficient (Wildman–Crippen LogP) is 7.57. The van der Waals surface area contributed by atoms with E-state index in [4.69, 9.17) is 14.6 Å². The summed E-state index contributed by atoms with van der Waals surface area (Å²) in [5.41, 5.74) is 5.93. The van der Waals surface area contributed by atoms with Crippen LogP contribution in [-0.2, 0) is 4.65 Å². The fourth-order valence-electron chi connectivity index (χ4n) is 5.01. The van der Waals surface area contributed by atoms with Gasteiger partial charge in [-0.1, -0.05) is 116 Å². The van der Waals surface area contributed by atoms with Crippen LogP contribution >= 0.6 is 0 Å². The second-order valence-corrected chi connectivity index (χ2v) is 12.2. The number of amidine groups is 1. The second kappa shape index (κ2) is 12.6. The Morgan fingerprint density at radius 1 is 0.714 bits per heavy atom. The molecule has 2 unspecified atom stereocenters. The molecular formula is C37H40BN2O2. The quantitative estimate of drug-likeness (QED) is 0.228. The van der Waals surface area contributed by atoms with Crippen molar-refractivity contribution in [2.24, 2.45) is 15.9 Å². The minimum Gasteiger partial charge on any atom is -0.427 e. The molecule has 0 saturated heterocycles. The first-order valence-corrected chi connectivity index (χ1v) is 14.8. The largest absolute Gasteiger partial charge is 0.427 e. The molecule has 2 atom stereocenters. The standard InChI is InChI=1S/C37H40BN2O2/c1-26-22-23-33(39-35(28-16-10-7-11-17-28)40-34(26)27-14-8-6-9-15-27)31-20-12-18-29(24-31)30-19-13-21-32(25-30)38-42-37(4,5)36(2,3)41/h6-21,24-26,33,41H,22-23H2,1-5H3. The lowest BCUT2D eigenvalue weighted by Gasteiger charge is -2.37. The Bertz CT molecular complexity index is 1560. The molecule has 0 fully saturated rings. The summed E-state index contributed by atoms with van der Waals surface area (Å²) < 4.78 is 6.01. The summed E-state index contributed by atoms with van der Waals surface area (Å²) in [6.45, 7) is 9.58. The van der Waals surface area contributed by atoms with Crippen molar-refractivity contribution in [2.45, 2.75) is 64.7 Å². The first-order valence-electron chi connectivity index (χ1n) is 14.8. The van der Waals surface area contributed by atoms with Crippen LogP contribution in [0.5, 0.6) is 0 Å². The lowest BCUT2D eigenvalue weighted by molar-refractivity contribution is -0.0893. The average molecular weight is 556 g/mol. The Morgan fingerprint density at radius 3 is 1.98 bits per heavy atom. The molecule has 1 aliphatic rings. The molecule has 0 saturated carbocycles. The molecule has 0 spiro atoms. The Morgan fingerprint density at radius 2 is 1.31 bits per heavy atom. The molecule has 0 amide bonds. The predicted molar refractivity (Wildman–Crippen MR) is 176 cm³/mol. The molecule has 0 aliphatic carbocycles. The monoisotopic (exact) mass is 555 g/mol. The molecule has 1 radical (unpaired) electrons. The van der Waals surface area contributed by atoms with Gasteiger partial charge in [-0.25, -0.2) is 4.99 Å². The average Bonchev–Trinajstić information content (AvgIpc) is 2.99. The molecule has 4 aromatic carbocycles. The van der Waals surface area contributed by atoms with Gasteiger partial charge in [0.05, 0.1) is 23.0 Å². The number of aliphatic hydroxyl groups is 1. The third-order valence-corrected chi connectivity index (χ3v) is 8.40. The molecule has 1 N–H and O–H groups in total. The fourth-order valence-corrected chi connectivity index (χ4v) is 5.01. The highest BCUT2D eigenvalue weighted by atomic mass is 16.5. The molecule has 4 aromatic rings. The van der Waals surface area contributed by atoms with E-state index < -0.39 is 11.2 Å². The number of benzene rings is 4. The molecule has 1 aliphatic heterocycles. The van der Waals surface area contributed by atoms with Gasteiger partial charge in [0.25, 0.3) is 0 Å². The van der Waals surface area contributed by atoms with E-state index in [2.05, 4.69) is 79.7 Å². The van der Waals surface area contributed by atoms with E-state index in [9.17, 15) is 5.11 Å². The summed E-state index contributed by atoms with van der Waals surface area (Å²) in [5, 5.41) is 10.5. The fraction of sp³-hybridized carbons (Fsp3) is 0.297. The Balaban J connectivity index is 1.47. The molecule has 1 heterocycles. The summed E-state index contributed by atoms with van der Waals surface area (Å²) >= 11 is 0. The van der Waals surface area contributed by atoms with Crippen molar-refractivity contribution in [2.75, 3.05) is 0 Å². The van der Waals surface area contributed by atoms with Gasteiger partial charge in [-0.15, -0.1) is 0 Å². The van der Waals surface area contributed by atoms with Crippen LogP contribution in [0.25, 0.3) is 11.1 Å². The molecule has 213 valence electrons. The van der Waals surface area contributed by atoms with Gasteiger partial charge in [-0.05, 0) is 74.8 Å². The molecule has 0 bridgehead atoms. The zero-order chi connectivity index (χ0) is 29.7. The van der Waals surface area contributed by atoms with Gasteiger partial charge in [-0.3, -0.25) is 4.99 Å². The summed E-state index contributed by atoms with van der Waals surface area (Å²) in [6, 6.07) is 37.8. The smallest absolute Gasteiger partial charge is 0.330 e. The summed E-state index contributed by atoms with van der Waals surface area (Å²) in [5.74, 6) is 1.08. The maximum absolute atomic E-state index is 10.5. The van der Waals surface area contributed by atoms with Crippen molar-refractivity contribution >= 4 is 24.5 Å². The number of rotatable bonds is 8. The highest BCUT2D eigenvalue weighted by molar-refractivity contribution is 6.47. The van der Waals surface area contributed by atoms with E-state index in [0.29, 0.717) is 5.92 Å². The van der Waals surface area contributed by atoms with Crippen LogP contribution in [0.3, 0.4) is 0 Å². The SMILES string of the molecule is CC1CCC(c2cccc(-c3cccc([B]OC(C)(C)C(C)(C)O)c3)c2)N=C(c2ccccc2)N=C1c1ccccc1. The van der Waals surface area contributed by atoms with E-state index in [1.807, 2.05) is 50.2 Å². The lowest BCUT2D eigenvalue weighted by atomic mass is 9.81. The molecule has 0 aromatic heterocycles. The van der Waals surface area contributed by atoms with Gasteiger partial charge in [-0.2, -0.15) is 0 Å². The van der Waals surface area contributed by atoms with Crippen molar-refractivity contribution < 1.29 is 9.76 Å². The normalized spacial score (nSPS) is 18.0. The van der Waals surface area contributed by atoms with E-state index in [1.165, 1.54) is 5.56 Å². The second-order valence-electron chi connectivity index (χ2n) is 12.2. The van der Waals surface area contributed by atoms with Crippen molar-refractivity contribution in [1.82, 2.24) is 0 Å². The lowest BCUT2D eigenvalue weighted by Crippen LogP contribution is -2.49. The maximum atomic E-state index is 10.5. The van der Waals surface area contributed by atoms with Crippen LogP contribution in [0.1, 0.15) is 70.2 Å². The van der Waals surface area contributed by atoms with Crippen LogP contribution < -0.4 is 5.46 Å². The van der Waals surface area contributed by atoms with Gasteiger partial charge in [0.1, 0.15) is 0 Å². The molecule has 4 nitrogen and oxygen atoms in total. The molecule has 5 rings (SSSR count). The van der Waals surface area contributed by atoms with Gasteiger partial charge in [0.15, 0.2) is 5.84 Å². The maximum Gasteiger partial charge on any atom is 0.330 e. The number of nitrogens with zero attached hydrogens (tertiary/aromatic N) is 2. The number of aliphatic imine (C=N–C) groups is 2. The summed E-state index contributed by atoms with van der Waals surface area (Å²) in [4.78, 5) is 10.5. The van der Waals surface area contributed by atoms with Gasteiger partial charge < -0.3 is 9.76 Å². The summed E-state index contributed by atoms with van der Waals surface area (Å²) in [7, 11) is 1.74. The van der Waals surface area contributed by atoms with E-state index in [1.54, 1.807) is 21.3 Å². The zero-order valence-electron chi connectivity index (χ0n) is 25.3. The van der Waals surface area contributed by atoms with Crippen LogP contribution in [0.2, 0.25) is 0 Å². The van der Waals surface area contributed by atoms with Crippen LogP contribution in [0.4, 0.5) is 0 Å². The zero-order valence-corrected chi connectivity index (χ0v) is 25.3. The number of hydrogen-bond donors (Lipinski definition) is 1. The van der Waals surface area contributed by atoms with Crippen LogP contribution in [0, 0.1) is 5.92 Å². The number of hydrogen-bond acceptors (Lipinski definition) is 4. The Kier molecular flexibility index (Phi) is 8.91. The van der Waals surface area contributed by atoms with Crippen molar-refractivity contribution in [3.63, 3.8) is 0 Å². The van der Waals surface area contributed by atoms with Crippen molar-refractivity contribution in [3.8, 4) is 11.1 Å². The minimum atomic E-state index is -0.977. The Labute approximate surface area is 251 Å². The Hall–Kier alpha value is -3.80.